The van der Waals surface area contributed by atoms with E-state index in [1.165, 1.54) is 0 Å². The molecule has 4 nitrogen and oxygen atoms in total. The molecule has 1 atom stereocenters. The summed E-state index contributed by atoms with van der Waals surface area (Å²) in [5, 5.41) is 0. The van der Waals surface area contributed by atoms with E-state index in [9.17, 15) is 4.79 Å². The van der Waals surface area contributed by atoms with Crippen LogP contribution < -0.4 is 11.5 Å². The van der Waals surface area contributed by atoms with E-state index in [4.69, 9.17) is 11.5 Å². The number of piperidine rings is 1. The molecule has 1 rings (SSSR count). The largest absolute Gasteiger partial charge is 0.338 e. The molecule has 1 aliphatic rings. The fourth-order valence-electron chi connectivity index (χ4n) is 2.75. The summed E-state index contributed by atoms with van der Waals surface area (Å²) in [7, 11) is 0. The second kappa shape index (κ2) is 5.06. The van der Waals surface area contributed by atoms with E-state index in [-0.39, 0.29) is 22.9 Å². The Morgan fingerprint density at radius 1 is 1.26 bits per heavy atom. The third kappa shape index (κ3) is 4.77. The topological polar surface area (TPSA) is 72.3 Å². The van der Waals surface area contributed by atoms with Gasteiger partial charge in [-0.15, -0.1) is 0 Å². The zero-order valence-electron chi connectivity index (χ0n) is 13.4. The highest BCUT2D eigenvalue weighted by molar-refractivity contribution is 5.78. The number of amides is 1. The molecule has 1 saturated heterocycles. The van der Waals surface area contributed by atoms with Gasteiger partial charge in [0.2, 0.25) is 5.91 Å². The van der Waals surface area contributed by atoms with Crippen molar-refractivity contribution in [3.63, 3.8) is 0 Å². The van der Waals surface area contributed by atoms with Crippen LogP contribution in [0.25, 0.3) is 0 Å². The molecule has 1 unspecified atom stereocenters. The number of carbonyl (C=O) groups excluding carboxylic acids is 1. The van der Waals surface area contributed by atoms with Gasteiger partial charge in [-0.2, -0.15) is 0 Å². The highest BCUT2D eigenvalue weighted by Crippen LogP contribution is 2.34. The van der Waals surface area contributed by atoms with Gasteiger partial charge in [-0.25, -0.2) is 0 Å². The Hall–Kier alpha value is -0.610. The highest BCUT2D eigenvalue weighted by Gasteiger charge is 2.41. The lowest BCUT2D eigenvalue weighted by Gasteiger charge is -2.47. The lowest BCUT2D eigenvalue weighted by Crippen LogP contribution is -2.61. The Morgan fingerprint density at radius 2 is 1.79 bits per heavy atom. The molecule has 0 spiro atoms. The zero-order valence-corrected chi connectivity index (χ0v) is 13.4. The molecule has 0 bridgehead atoms. The van der Waals surface area contributed by atoms with E-state index >= 15 is 0 Å². The Labute approximate surface area is 117 Å². The average molecular weight is 269 g/mol. The minimum Gasteiger partial charge on any atom is -0.338 e. The average Bonchev–Trinajstić information content (AvgIpc) is 2.10. The van der Waals surface area contributed by atoms with E-state index < -0.39 is 5.54 Å². The van der Waals surface area contributed by atoms with Crippen molar-refractivity contribution in [2.75, 3.05) is 6.54 Å². The summed E-state index contributed by atoms with van der Waals surface area (Å²) < 4.78 is 0. The van der Waals surface area contributed by atoms with Crippen LogP contribution in [0.1, 0.15) is 60.8 Å². The van der Waals surface area contributed by atoms with Gasteiger partial charge in [-0.1, -0.05) is 13.8 Å². The Morgan fingerprint density at radius 3 is 2.16 bits per heavy atom. The van der Waals surface area contributed by atoms with Gasteiger partial charge in [0.05, 0.1) is 6.04 Å². The van der Waals surface area contributed by atoms with Crippen LogP contribution >= 0.6 is 0 Å². The summed E-state index contributed by atoms with van der Waals surface area (Å²) in [5.74, 6) is 0.212. The van der Waals surface area contributed by atoms with Crippen molar-refractivity contribution in [2.45, 2.75) is 77.9 Å². The molecule has 19 heavy (non-hydrogen) atoms. The van der Waals surface area contributed by atoms with Crippen molar-refractivity contribution in [1.82, 2.24) is 4.90 Å². The summed E-state index contributed by atoms with van der Waals surface area (Å²) in [6.45, 7) is 13.0. The Balaban J connectivity index is 2.91. The number of rotatable bonds is 4. The number of hydrogen-bond donors (Lipinski definition) is 2. The minimum absolute atomic E-state index is 0.00361. The number of hydrogen-bond acceptors (Lipinski definition) is 3. The van der Waals surface area contributed by atoms with Crippen molar-refractivity contribution < 1.29 is 4.79 Å². The molecule has 0 aromatic heterocycles. The molecule has 4 N–H and O–H groups in total. The first-order chi connectivity index (χ1) is 8.32. The predicted molar refractivity (Wildman–Crippen MR) is 79.7 cm³/mol. The molecule has 1 aliphatic heterocycles. The molecule has 0 saturated carbocycles. The Bertz CT molecular complexity index is 336. The standard InChI is InChI=1S/C15H31N3O/c1-13(2)7-8-18(12(19)10-13)11(15(5,6)17)9-14(3,4)16/h11H,7-10,16-17H2,1-6H3. The molecule has 0 aromatic rings. The van der Waals surface area contributed by atoms with Crippen LogP contribution in [0.15, 0.2) is 0 Å². The minimum atomic E-state index is -0.437. The van der Waals surface area contributed by atoms with Crippen molar-refractivity contribution in [2.24, 2.45) is 16.9 Å². The first-order valence-corrected chi connectivity index (χ1v) is 7.19. The SMILES string of the molecule is CC(C)(N)CC(N1CCC(C)(C)CC1=O)C(C)(C)N. The van der Waals surface area contributed by atoms with Gasteiger partial charge in [-0.05, 0) is 46.0 Å². The van der Waals surface area contributed by atoms with E-state index in [0.717, 1.165) is 19.4 Å². The summed E-state index contributed by atoms with van der Waals surface area (Å²) in [6, 6.07) is -0.00361. The van der Waals surface area contributed by atoms with Crippen LogP contribution in [0.4, 0.5) is 0 Å². The summed E-state index contributed by atoms with van der Waals surface area (Å²) >= 11 is 0. The van der Waals surface area contributed by atoms with Gasteiger partial charge in [0, 0.05) is 24.0 Å². The van der Waals surface area contributed by atoms with Crippen LogP contribution in [-0.2, 0) is 4.79 Å². The number of nitrogens with two attached hydrogens (primary N) is 2. The maximum atomic E-state index is 12.4. The molecule has 1 fully saturated rings. The molecule has 4 heteroatoms. The van der Waals surface area contributed by atoms with Crippen LogP contribution in [-0.4, -0.2) is 34.5 Å². The number of carbonyl (C=O) groups is 1. The van der Waals surface area contributed by atoms with Gasteiger partial charge in [-0.3, -0.25) is 4.79 Å². The number of nitrogens with zero attached hydrogens (tertiary/aromatic N) is 1. The first-order valence-electron chi connectivity index (χ1n) is 7.19. The van der Waals surface area contributed by atoms with E-state index in [1.54, 1.807) is 0 Å². The maximum absolute atomic E-state index is 12.4. The van der Waals surface area contributed by atoms with Gasteiger partial charge in [0.15, 0.2) is 0 Å². The van der Waals surface area contributed by atoms with E-state index in [0.29, 0.717) is 6.42 Å². The molecule has 0 aliphatic carbocycles. The van der Waals surface area contributed by atoms with E-state index in [2.05, 4.69) is 13.8 Å². The van der Waals surface area contributed by atoms with E-state index in [1.807, 2.05) is 32.6 Å². The van der Waals surface area contributed by atoms with Crippen LogP contribution in [0.3, 0.4) is 0 Å². The molecular formula is C15H31N3O. The van der Waals surface area contributed by atoms with Crippen molar-refractivity contribution in [3.8, 4) is 0 Å². The van der Waals surface area contributed by atoms with Crippen LogP contribution in [0.5, 0.6) is 0 Å². The fourth-order valence-corrected chi connectivity index (χ4v) is 2.75. The molecular weight excluding hydrogens is 238 g/mol. The molecule has 1 heterocycles. The summed E-state index contributed by atoms with van der Waals surface area (Å²) in [4.78, 5) is 14.4. The number of likely N-dealkylation sites (tertiary alicyclic amines) is 1. The van der Waals surface area contributed by atoms with Gasteiger partial charge < -0.3 is 16.4 Å². The van der Waals surface area contributed by atoms with Gasteiger partial charge in [0.25, 0.3) is 0 Å². The Kier molecular flexibility index (Phi) is 4.38. The lowest BCUT2D eigenvalue weighted by molar-refractivity contribution is -0.142. The van der Waals surface area contributed by atoms with Gasteiger partial charge in [0.1, 0.15) is 0 Å². The van der Waals surface area contributed by atoms with Crippen molar-refractivity contribution >= 4 is 5.91 Å². The molecule has 0 radical (unpaired) electrons. The molecule has 0 aromatic carbocycles. The molecule has 112 valence electrons. The second-order valence-corrected chi connectivity index (χ2v) is 8.21. The quantitative estimate of drug-likeness (QED) is 0.818. The first kappa shape index (κ1) is 16.4. The maximum Gasteiger partial charge on any atom is 0.223 e. The van der Waals surface area contributed by atoms with Crippen molar-refractivity contribution in [1.29, 1.82) is 0 Å². The van der Waals surface area contributed by atoms with Crippen LogP contribution in [0.2, 0.25) is 0 Å². The summed E-state index contributed by atoms with van der Waals surface area (Å²) in [6.07, 6.45) is 2.35. The second-order valence-electron chi connectivity index (χ2n) is 8.21. The highest BCUT2D eigenvalue weighted by atomic mass is 16.2. The fraction of sp³-hybridized carbons (Fsp3) is 0.933. The monoisotopic (exact) mass is 269 g/mol. The zero-order chi connectivity index (χ0) is 15.1. The normalized spacial score (nSPS) is 22.5. The van der Waals surface area contributed by atoms with Crippen molar-refractivity contribution in [3.05, 3.63) is 0 Å². The predicted octanol–water partition coefficient (Wildman–Crippen LogP) is 1.87. The molecule has 1 amide bonds. The van der Waals surface area contributed by atoms with Crippen LogP contribution in [0, 0.1) is 5.41 Å². The third-order valence-electron chi connectivity index (χ3n) is 3.93. The smallest absolute Gasteiger partial charge is 0.223 e. The summed E-state index contributed by atoms with van der Waals surface area (Å²) in [5.41, 5.74) is 11.8. The van der Waals surface area contributed by atoms with Gasteiger partial charge >= 0.3 is 0 Å². The lowest BCUT2D eigenvalue weighted by atomic mass is 9.78. The third-order valence-corrected chi connectivity index (χ3v) is 3.93.